The van der Waals surface area contributed by atoms with Crippen LogP contribution in [0.15, 0.2) is 118 Å². The molecule has 1 aromatic heterocycles. The monoisotopic (exact) mass is 534 g/mol. The largest absolute Gasteiger partial charge is 0.489 e. The summed E-state index contributed by atoms with van der Waals surface area (Å²) in [6, 6.07) is 32.2. The number of fused-ring (bicyclic) bond motifs is 1. The summed E-state index contributed by atoms with van der Waals surface area (Å²) in [5.41, 5.74) is 6.55. The third kappa shape index (κ3) is 6.42. The summed E-state index contributed by atoms with van der Waals surface area (Å²) in [7, 11) is 0. The SMILES string of the molecule is Cc1ccccc1-n1c(SCC(=O)N/N=C/c2ccc(OCc3ccccc3)cc2)nc2ccccc2c1=O. The molecule has 1 amide bonds. The van der Waals surface area contributed by atoms with Crippen LogP contribution >= 0.6 is 11.8 Å². The lowest BCUT2D eigenvalue weighted by Gasteiger charge is -2.14. The molecule has 0 bridgehead atoms. The molecule has 4 aromatic carbocycles. The van der Waals surface area contributed by atoms with Gasteiger partial charge >= 0.3 is 0 Å². The lowest BCUT2D eigenvalue weighted by Crippen LogP contribution is -2.24. The van der Waals surface area contributed by atoms with E-state index in [4.69, 9.17) is 9.72 Å². The van der Waals surface area contributed by atoms with E-state index >= 15 is 0 Å². The standard InChI is InChI=1S/C31H26N4O3S/c1-22-9-5-8-14-28(22)35-30(37)26-12-6-7-13-27(26)33-31(35)39-21-29(36)34-32-19-23-15-17-25(18-16-23)38-20-24-10-3-2-4-11-24/h2-19H,20-21H2,1H3,(H,34,36)/b32-19+. The number of hydrazone groups is 1. The van der Waals surface area contributed by atoms with Gasteiger partial charge in [0.25, 0.3) is 11.5 Å². The molecule has 5 aromatic rings. The van der Waals surface area contributed by atoms with Crippen LogP contribution in [0, 0.1) is 6.92 Å². The molecular weight excluding hydrogens is 508 g/mol. The molecule has 0 spiro atoms. The molecule has 7 nitrogen and oxygen atoms in total. The van der Waals surface area contributed by atoms with Crippen LogP contribution in [0.4, 0.5) is 0 Å². The van der Waals surface area contributed by atoms with Crippen LogP contribution in [-0.2, 0) is 11.4 Å². The minimum atomic E-state index is -0.308. The van der Waals surface area contributed by atoms with Crippen molar-refractivity contribution in [2.24, 2.45) is 5.10 Å². The minimum absolute atomic E-state index is 0.0419. The lowest BCUT2D eigenvalue weighted by molar-refractivity contribution is -0.118. The number of carbonyl (C=O) groups is 1. The van der Waals surface area contributed by atoms with Crippen molar-refractivity contribution >= 4 is 34.8 Å². The second-order valence-electron chi connectivity index (χ2n) is 8.76. The fourth-order valence-corrected chi connectivity index (χ4v) is 4.77. The summed E-state index contributed by atoms with van der Waals surface area (Å²) >= 11 is 1.19. The second-order valence-corrected chi connectivity index (χ2v) is 9.71. The molecule has 8 heteroatoms. The molecule has 5 rings (SSSR count). The van der Waals surface area contributed by atoms with Gasteiger partial charge in [0.2, 0.25) is 0 Å². The van der Waals surface area contributed by atoms with Crippen LogP contribution in [0.5, 0.6) is 5.75 Å². The number of para-hydroxylation sites is 2. The van der Waals surface area contributed by atoms with Crippen molar-refractivity contribution in [1.82, 2.24) is 15.0 Å². The van der Waals surface area contributed by atoms with Crippen molar-refractivity contribution in [1.29, 1.82) is 0 Å². The Bertz CT molecular complexity index is 1680. The van der Waals surface area contributed by atoms with Crippen LogP contribution in [0.1, 0.15) is 16.7 Å². The third-order valence-electron chi connectivity index (χ3n) is 5.96. The quantitative estimate of drug-likeness (QED) is 0.117. The molecule has 0 radical (unpaired) electrons. The van der Waals surface area contributed by atoms with Crippen LogP contribution in [-0.4, -0.2) is 27.4 Å². The van der Waals surface area contributed by atoms with Crippen molar-refractivity contribution in [3.8, 4) is 11.4 Å². The summed E-state index contributed by atoms with van der Waals surface area (Å²) in [5.74, 6) is 0.483. The number of amides is 1. The zero-order chi connectivity index (χ0) is 27.0. The van der Waals surface area contributed by atoms with E-state index in [9.17, 15) is 9.59 Å². The number of carbonyl (C=O) groups excluding carboxylic acids is 1. The van der Waals surface area contributed by atoms with Crippen molar-refractivity contribution < 1.29 is 9.53 Å². The average molecular weight is 535 g/mol. The number of aromatic nitrogens is 2. The van der Waals surface area contributed by atoms with Gasteiger partial charge in [0.15, 0.2) is 5.16 Å². The Balaban J connectivity index is 1.23. The Kier molecular flexibility index (Phi) is 8.14. The highest BCUT2D eigenvalue weighted by molar-refractivity contribution is 7.99. The first-order valence-electron chi connectivity index (χ1n) is 12.4. The summed E-state index contributed by atoms with van der Waals surface area (Å²) in [6.07, 6.45) is 1.57. The number of hydrogen-bond donors (Lipinski definition) is 1. The number of ether oxygens (including phenoxy) is 1. The van der Waals surface area contributed by atoms with Gasteiger partial charge in [-0.05, 0) is 66.1 Å². The smallest absolute Gasteiger partial charge is 0.266 e. The minimum Gasteiger partial charge on any atom is -0.489 e. The van der Waals surface area contributed by atoms with Crippen molar-refractivity contribution in [2.45, 2.75) is 18.7 Å². The summed E-state index contributed by atoms with van der Waals surface area (Å²) in [5, 5.41) is 5.04. The number of rotatable bonds is 9. The Morgan fingerprint density at radius 1 is 0.949 bits per heavy atom. The first-order valence-corrected chi connectivity index (χ1v) is 13.4. The highest BCUT2D eigenvalue weighted by Gasteiger charge is 2.15. The van der Waals surface area contributed by atoms with Crippen LogP contribution in [0.25, 0.3) is 16.6 Å². The van der Waals surface area contributed by atoms with Crippen molar-refractivity contribution in [2.75, 3.05) is 5.75 Å². The van der Waals surface area contributed by atoms with Crippen LogP contribution in [0.2, 0.25) is 0 Å². The average Bonchev–Trinajstić information content (AvgIpc) is 2.97. The Morgan fingerprint density at radius 3 is 2.46 bits per heavy atom. The van der Waals surface area contributed by atoms with Gasteiger partial charge < -0.3 is 4.74 Å². The molecular formula is C31H26N4O3S. The highest BCUT2D eigenvalue weighted by Crippen LogP contribution is 2.23. The zero-order valence-corrected chi connectivity index (χ0v) is 22.1. The van der Waals surface area contributed by atoms with Gasteiger partial charge in [-0.1, -0.05) is 72.4 Å². The molecule has 1 heterocycles. The molecule has 0 atom stereocenters. The Morgan fingerprint density at radius 2 is 1.67 bits per heavy atom. The molecule has 0 aliphatic carbocycles. The molecule has 0 aliphatic heterocycles. The van der Waals surface area contributed by atoms with Crippen molar-refractivity contribution in [3.05, 3.63) is 130 Å². The first kappa shape index (κ1) is 25.9. The molecule has 194 valence electrons. The van der Waals surface area contributed by atoms with Gasteiger partial charge in [0.1, 0.15) is 12.4 Å². The van der Waals surface area contributed by atoms with E-state index in [1.807, 2.05) is 97.9 Å². The van der Waals surface area contributed by atoms with Gasteiger partial charge in [-0.3, -0.25) is 14.2 Å². The Labute approximate surface area is 230 Å². The molecule has 0 unspecified atom stereocenters. The number of hydrogen-bond acceptors (Lipinski definition) is 6. The highest BCUT2D eigenvalue weighted by atomic mass is 32.2. The summed E-state index contributed by atoms with van der Waals surface area (Å²) in [6.45, 7) is 2.43. The topological polar surface area (TPSA) is 85.6 Å². The summed E-state index contributed by atoms with van der Waals surface area (Å²) < 4.78 is 7.37. The fraction of sp³-hybridized carbons (Fsp3) is 0.0968. The van der Waals surface area contributed by atoms with E-state index in [-0.39, 0.29) is 17.2 Å². The van der Waals surface area contributed by atoms with Gasteiger partial charge in [0.05, 0.1) is 28.6 Å². The maximum Gasteiger partial charge on any atom is 0.266 e. The van der Waals surface area contributed by atoms with Crippen molar-refractivity contribution in [3.63, 3.8) is 0 Å². The molecule has 0 aliphatic rings. The van der Waals surface area contributed by atoms with Crippen LogP contribution < -0.4 is 15.7 Å². The normalized spacial score (nSPS) is 11.1. The van der Waals surface area contributed by atoms with E-state index in [1.54, 1.807) is 22.9 Å². The molecule has 1 N–H and O–H groups in total. The number of benzene rings is 4. The second kappa shape index (κ2) is 12.2. The number of nitrogens with one attached hydrogen (secondary N) is 1. The Hall–Kier alpha value is -4.69. The maximum absolute atomic E-state index is 13.4. The lowest BCUT2D eigenvalue weighted by atomic mass is 10.2. The van der Waals surface area contributed by atoms with Gasteiger partial charge in [0, 0.05) is 0 Å². The molecule has 0 saturated carbocycles. The number of thioether (sulfide) groups is 1. The molecule has 0 saturated heterocycles. The van der Waals surface area contributed by atoms with Gasteiger partial charge in [-0.2, -0.15) is 5.10 Å². The maximum atomic E-state index is 13.4. The predicted molar refractivity (Wildman–Crippen MR) is 156 cm³/mol. The molecule has 0 fully saturated rings. The first-order chi connectivity index (χ1) is 19.1. The van der Waals surface area contributed by atoms with E-state index in [1.165, 1.54) is 11.8 Å². The van der Waals surface area contributed by atoms with Gasteiger partial charge in [-0.15, -0.1) is 0 Å². The third-order valence-corrected chi connectivity index (χ3v) is 6.90. The summed E-state index contributed by atoms with van der Waals surface area (Å²) in [4.78, 5) is 30.6. The fourth-order valence-electron chi connectivity index (χ4n) is 3.97. The van der Waals surface area contributed by atoms with E-state index < -0.39 is 0 Å². The van der Waals surface area contributed by atoms with Crippen LogP contribution in [0.3, 0.4) is 0 Å². The number of nitrogens with zero attached hydrogens (tertiary/aromatic N) is 3. The number of aryl methyl sites for hydroxylation is 1. The molecule has 39 heavy (non-hydrogen) atoms. The van der Waals surface area contributed by atoms with Gasteiger partial charge in [-0.25, -0.2) is 10.4 Å². The predicted octanol–water partition coefficient (Wildman–Crippen LogP) is 5.52. The van der Waals surface area contributed by atoms with E-state index in [2.05, 4.69) is 10.5 Å². The zero-order valence-electron chi connectivity index (χ0n) is 21.3. The van der Waals surface area contributed by atoms with E-state index in [0.717, 1.165) is 28.1 Å². The van der Waals surface area contributed by atoms with E-state index in [0.29, 0.717) is 22.7 Å².